The molecular weight excluding hydrogens is 325 g/mol. The average Bonchev–Trinajstić information content (AvgIpc) is 2.88. The minimum absolute atomic E-state index is 0.0264. The number of carboxylic acids is 1. The number of hydrogen-bond donors (Lipinski definition) is 2. The molecule has 0 bridgehead atoms. The first-order chi connectivity index (χ1) is 9.88. The molecule has 1 heterocycles. The third-order valence-electron chi connectivity index (χ3n) is 2.44. The normalized spacial score (nSPS) is 10.4. The van der Waals surface area contributed by atoms with Gasteiger partial charge in [0.2, 0.25) is 0 Å². The Bertz CT molecular complexity index is 721. The van der Waals surface area contributed by atoms with Crippen LogP contribution in [0.2, 0.25) is 5.02 Å². The lowest BCUT2D eigenvalue weighted by Gasteiger charge is -2.06. The molecule has 2 aromatic rings. The summed E-state index contributed by atoms with van der Waals surface area (Å²) in [6.45, 7) is 0.0563. The fraction of sp³-hybridized carbons (Fsp3) is 0.0909. The number of anilines is 1. The average molecular weight is 332 g/mol. The number of nitro groups is 1. The summed E-state index contributed by atoms with van der Waals surface area (Å²) in [5.74, 6) is -2.05. The number of rotatable bonds is 5. The van der Waals surface area contributed by atoms with Crippen LogP contribution in [0.5, 0.6) is 0 Å². The molecule has 2 rings (SSSR count). The monoisotopic (exact) mass is 331 g/mol. The maximum absolute atomic E-state index is 13.2. The second-order valence-corrected chi connectivity index (χ2v) is 5.18. The smallest absolute Gasteiger partial charge is 0.355 e. The maximum atomic E-state index is 13.2. The minimum atomic E-state index is -1.16. The molecule has 2 N–H and O–H groups in total. The van der Waals surface area contributed by atoms with Crippen LogP contribution < -0.4 is 5.32 Å². The number of hydrogen-bond acceptors (Lipinski definition) is 6. The van der Waals surface area contributed by atoms with Gasteiger partial charge in [-0.15, -0.1) is 11.3 Å². The summed E-state index contributed by atoms with van der Waals surface area (Å²) in [5, 5.41) is 23.8. The van der Waals surface area contributed by atoms with E-state index in [1.807, 2.05) is 0 Å². The Balaban J connectivity index is 2.20. The van der Waals surface area contributed by atoms with Crippen molar-refractivity contribution in [3.05, 3.63) is 49.2 Å². The summed E-state index contributed by atoms with van der Waals surface area (Å²) in [4.78, 5) is 24.6. The van der Waals surface area contributed by atoms with Gasteiger partial charge in [-0.3, -0.25) is 10.1 Å². The predicted octanol–water partition coefficient (Wildman–Crippen LogP) is 3.15. The zero-order valence-electron chi connectivity index (χ0n) is 10.2. The van der Waals surface area contributed by atoms with Crippen LogP contribution in [0.25, 0.3) is 0 Å². The summed E-state index contributed by atoms with van der Waals surface area (Å²) in [6, 6.07) is 1.82. The van der Waals surface area contributed by atoms with E-state index < -0.39 is 22.4 Å². The van der Waals surface area contributed by atoms with E-state index in [9.17, 15) is 19.3 Å². The fourth-order valence-corrected chi connectivity index (χ4v) is 2.36. The molecule has 110 valence electrons. The van der Waals surface area contributed by atoms with Crippen LogP contribution in [0, 0.1) is 15.9 Å². The first-order valence-electron chi connectivity index (χ1n) is 5.43. The van der Waals surface area contributed by atoms with Gasteiger partial charge in [-0.2, -0.15) is 0 Å². The minimum Gasteiger partial charge on any atom is -0.476 e. The van der Waals surface area contributed by atoms with E-state index in [2.05, 4.69) is 10.3 Å². The predicted molar refractivity (Wildman–Crippen MR) is 74.5 cm³/mol. The van der Waals surface area contributed by atoms with Crippen LogP contribution in [-0.2, 0) is 6.54 Å². The van der Waals surface area contributed by atoms with Crippen LogP contribution >= 0.6 is 22.9 Å². The van der Waals surface area contributed by atoms with Gasteiger partial charge in [0.05, 0.1) is 22.6 Å². The van der Waals surface area contributed by atoms with Gasteiger partial charge in [-0.25, -0.2) is 14.2 Å². The summed E-state index contributed by atoms with van der Waals surface area (Å²) in [6.07, 6.45) is 0. The molecule has 0 unspecified atom stereocenters. The molecule has 0 saturated carbocycles. The molecule has 21 heavy (non-hydrogen) atoms. The van der Waals surface area contributed by atoms with E-state index in [4.69, 9.17) is 16.7 Å². The van der Waals surface area contributed by atoms with Crippen LogP contribution in [0.4, 0.5) is 15.8 Å². The lowest BCUT2D eigenvalue weighted by molar-refractivity contribution is -0.384. The topological polar surface area (TPSA) is 105 Å². The van der Waals surface area contributed by atoms with Crippen molar-refractivity contribution in [2.75, 3.05) is 5.32 Å². The molecule has 1 aromatic carbocycles. The van der Waals surface area contributed by atoms with Gasteiger partial charge in [0, 0.05) is 5.38 Å². The van der Waals surface area contributed by atoms with Crippen molar-refractivity contribution in [3.63, 3.8) is 0 Å². The van der Waals surface area contributed by atoms with Gasteiger partial charge in [-0.05, 0) is 6.07 Å². The Morgan fingerprint density at radius 3 is 2.86 bits per heavy atom. The Labute approximate surface area is 126 Å². The number of nitrogens with zero attached hydrogens (tertiary/aromatic N) is 2. The third kappa shape index (κ3) is 3.44. The molecule has 0 amide bonds. The Morgan fingerprint density at radius 2 is 2.29 bits per heavy atom. The summed E-state index contributed by atoms with van der Waals surface area (Å²) < 4.78 is 13.2. The van der Waals surface area contributed by atoms with Crippen LogP contribution in [-0.4, -0.2) is 21.0 Å². The second-order valence-electron chi connectivity index (χ2n) is 3.83. The molecule has 0 radical (unpaired) electrons. The van der Waals surface area contributed by atoms with E-state index >= 15 is 0 Å². The van der Waals surface area contributed by atoms with Crippen molar-refractivity contribution in [1.29, 1.82) is 0 Å². The lowest BCUT2D eigenvalue weighted by atomic mass is 10.2. The molecule has 1 aromatic heterocycles. The lowest BCUT2D eigenvalue weighted by Crippen LogP contribution is -2.04. The molecule has 0 aliphatic rings. The first-order valence-corrected chi connectivity index (χ1v) is 6.69. The van der Waals surface area contributed by atoms with Crippen molar-refractivity contribution in [3.8, 4) is 0 Å². The number of aromatic carboxylic acids is 1. The molecule has 0 atom stereocenters. The van der Waals surface area contributed by atoms with Crippen molar-refractivity contribution >= 4 is 40.3 Å². The van der Waals surface area contributed by atoms with Gasteiger partial charge < -0.3 is 10.4 Å². The fourth-order valence-electron chi connectivity index (χ4n) is 1.49. The molecular formula is C11H7ClFN3O4S. The van der Waals surface area contributed by atoms with Crippen LogP contribution in [0.1, 0.15) is 15.5 Å². The van der Waals surface area contributed by atoms with E-state index in [1.54, 1.807) is 0 Å². The van der Waals surface area contributed by atoms with Crippen molar-refractivity contribution in [2.45, 2.75) is 6.54 Å². The van der Waals surface area contributed by atoms with Crippen molar-refractivity contribution < 1.29 is 19.2 Å². The summed E-state index contributed by atoms with van der Waals surface area (Å²) in [7, 11) is 0. The number of halogens is 2. The number of nitro benzene ring substituents is 1. The molecule has 0 saturated heterocycles. The number of thiazole rings is 1. The highest BCUT2D eigenvalue weighted by Crippen LogP contribution is 2.30. The molecule has 0 aliphatic carbocycles. The quantitative estimate of drug-likeness (QED) is 0.644. The Kier molecular flexibility index (Phi) is 4.34. The SMILES string of the molecule is O=C(O)c1csc(CNc2cc(Cl)c(F)cc2[N+](=O)[O-])n1. The van der Waals surface area contributed by atoms with E-state index in [1.165, 1.54) is 5.38 Å². The van der Waals surface area contributed by atoms with Crippen molar-refractivity contribution in [2.24, 2.45) is 0 Å². The molecule has 7 nitrogen and oxygen atoms in total. The molecule has 0 fully saturated rings. The Hall–Kier alpha value is -2.26. The summed E-state index contributed by atoms with van der Waals surface area (Å²) in [5.41, 5.74) is -0.547. The van der Waals surface area contributed by atoms with Gasteiger partial charge >= 0.3 is 5.97 Å². The van der Waals surface area contributed by atoms with Gasteiger partial charge in [0.1, 0.15) is 16.5 Å². The highest BCUT2D eigenvalue weighted by molar-refractivity contribution is 7.09. The molecule has 0 spiro atoms. The van der Waals surface area contributed by atoms with Crippen LogP contribution in [0.15, 0.2) is 17.5 Å². The van der Waals surface area contributed by atoms with E-state index in [0.717, 1.165) is 23.5 Å². The largest absolute Gasteiger partial charge is 0.476 e. The van der Waals surface area contributed by atoms with E-state index in [0.29, 0.717) is 5.01 Å². The number of nitrogens with one attached hydrogen (secondary N) is 1. The van der Waals surface area contributed by atoms with Crippen LogP contribution in [0.3, 0.4) is 0 Å². The third-order valence-corrected chi connectivity index (χ3v) is 3.57. The Morgan fingerprint density at radius 1 is 1.57 bits per heavy atom. The number of carboxylic acid groups (broad SMARTS) is 1. The number of carbonyl (C=O) groups is 1. The second kappa shape index (κ2) is 6.02. The standard InChI is InChI=1S/C11H7ClFN3O4S/c12-5-1-7(9(16(19)20)2-6(5)13)14-3-10-15-8(4-21-10)11(17)18/h1-2,4,14H,3H2,(H,17,18). The van der Waals surface area contributed by atoms with E-state index in [-0.39, 0.29) is 22.9 Å². The summed E-state index contributed by atoms with van der Waals surface area (Å²) >= 11 is 6.68. The van der Waals surface area contributed by atoms with Gasteiger partial charge in [-0.1, -0.05) is 11.6 Å². The highest BCUT2D eigenvalue weighted by Gasteiger charge is 2.18. The molecule has 10 heteroatoms. The zero-order chi connectivity index (χ0) is 15.6. The maximum Gasteiger partial charge on any atom is 0.355 e. The highest BCUT2D eigenvalue weighted by atomic mass is 35.5. The molecule has 0 aliphatic heterocycles. The first kappa shape index (κ1) is 15.1. The number of aromatic nitrogens is 1. The number of benzene rings is 1. The van der Waals surface area contributed by atoms with Gasteiger partial charge in [0.15, 0.2) is 5.69 Å². The van der Waals surface area contributed by atoms with Gasteiger partial charge in [0.25, 0.3) is 5.69 Å². The van der Waals surface area contributed by atoms with Crippen molar-refractivity contribution in [1.82, 2.24) is 4.98 Å². The zero-order valence-corrected chi connectivity index (χ0v) is 11.7.